The van der Waals surface area contributed by atoms with Crippen LogP contribution < -0.4 is 26.3 Å². The summed E-state index contributed by atoms with van der Waals surface area (Å²) in [5.41, 5.74) is 0.541. The van der Waals surface area contributed by atoms with Gasteiger partial charge in [0.15, 0.2) is 0 Å². The molecule has 2 fully saturated rings. The van der Waals surface area contributed by atoms with Crippen molar-refractivity contribution in [3.05, 3.63) is 96.6 Å². The average molecular weight is 724 g/mol. The highest BCUT2D eigenvalue weighted by molar-refractivity contribution is 6.99. The number of rotatable bonds is 9. The fourth-order valence-electron chi connectivity index (χ4n) is 8.59. The molecule has 3 unspecified atom stereocenters. The van der Waals surface area contributed by atoms with E-state index in [2.05, 4.69) is 111 Å². The number of carbonyl (C=O) groups is 3. The first-order valence-corrected chi connectivity index (χ1v) is 21.5. The van der Waals surface area contributed by atoms with E-state index in [1.54, 1.807) is 0 Å². The zero-order valence-electron chi connectivity index (χ0n) is 32.1. The van der Waals surface area contributed by atoms with E-state index in [0.29, 0.717) is 25.8 Å². The van der Waals surface area contributed by atoms with Crippen LogP contribution in [0.2, 0.25) is 5.04 Å². The van der Waals surface area contributed by atoms with Crippen LogP contribution in [0, 0.1) is 17.3 Å². The number of amides is 3. The molecule has 0 saturated carbocycles. The average Bonchev–Trinajstić information content (AvgIpc) is 3.48. The highest BCUT2D eigenvalue weighted by Crippen LogP contribution is 2.40. The molecule has 2 aliphatic heterocycles. The standard InChI is InChI=1S/C44H61N3O4Si/c1-33(2)29-39-41(49)46-36(32-51-52(43(3,4)5,37-22-14-9-15-23-37)38-24-16-10-17-25-38)31-44(27-28-45-42(44)50)26-18-7-6-13-21-35(40(48)47-39)30-34-19-11-8-12-20-34/h8-12,14-17,19-20,22-25,33,35-36,39H,6-7,13,18,21,26-32H2,1-5H3,(H,45,50)(H,46,49)(H,47,48)/t35?,36?,39-,44?/m0/s1. The number of nitrogens with one attached hydrogen (secondary N) is 3. The normalized spacial score (nSPS) is 24.1. The van der Waals surface area contributed by atoms with Crippen molar-refractivity contribution in [2.45, 2.75) is 116 Å². The lowest BCUT2D eigenvalue weighted by Gasteiger charge is -2.44. The smallest absolute Gasteiger partial charge is 0.261 e. The first kappa shape index (κ1) is 39.5. The molecule has 0 radical (unpaired) electrons. The Labute approximate surface area is 313 Å². The summed E-state index contributed by atoms with van der Waals surface area (Å²) in [4.78, 5) is 42.3. The van der Waals surface area contributed by atoms with Crippen LogP contribution >= 0.6 is 0 Å². The van der Waals surface area contributed by atoms with E-state index >= 15 is 0 Å². The quantitative estimate of drug-likeness (QED) is 0.215. The van der Waals surface area contributed by atoms with Crippen molar-refractivity contribution in [2.75, 3.05) is 13.2 Å². The van der Waals surface area contributed by atoms with Crippen molar-refractivity contribution in [1.29, 1.82) is 0 Å². The molecule has 0 aliphatic carbocycles. The van der Waals surface area contributed by atoms with Crippen LogP contribution in [0.25, 0.3) is 0 Å². The van der Waals surface area contributed by atoms with Crippen molar-refractivity contribution < 1.29 is 18.8 Å². The number of hydrogen-bond donors (Lipinski definition) is 3. The van der Waals surface area contributed by atoms with Gasteiger partial charge in [-0.2, -0.15) is 0 Å². The molecule has 8 heteroatoms. The van der Waals surface area contributed by atoms with Gasteiger partial charge in [0.25, 0.3) is 8.32 Å². The van der Waals surface area contributed by atoms with E-state index in [-0.39, 0.29) is 41.2 Å². The summed E-state index contributed by atoms with van der Waals surface area (Å²) in [7, 11) is -2.94. The van der Waals surface area contributed by atoms with E-state index < -0.39 is 25.8 Å². The Balaban J connectivity index is 1.51. The maximum absolute atomic E-state index is 14.5. The van der Waals surface area contributed by atoms with Crippen molar-refractivity contribution in [3.8, 4) is 0 Å². The molecule has 3 N–H and O–H groups in total. The van der Waals surface area contributed by atoms with Gasteiger partial charge in [-0.15, -0.1) is 0 Å². The maximum atomic E-state index is 14.5. The summed E-state index contributed by atoms with van der Waals surface area (Å²) >= 11 is 0. The molecule has 3 aromatic carbocycles. The molecule has 3 amide bonds. The molecule has 0 aromatic heterocycles. The van der Waals surface area contributed by atoms with Crippen molar-refractivity contribution in [1.82, 2.24) is 16.0 Å². The van der Waals surface area contributed by atoms with E-state index in [1.807, 2.05) is 30.3 Å². The van der Waals surface area contributed by atoms with Gasteiger partial charge in [0.2, 0.25) is 17.7 Å². The Bertz CT molecular complexity index is 1550. The summed E-state index contributed by atoms with van der Waals surface area (Å²) < 4.78 is 7.41. The topological polar surface area (TPSA) is 96.5 Å². The zero-order chi connectivity index (χ0) is 37.2. The summed E-state index contributed by atoms with van der Waals surface area (Å²) in [5.74, 6) is -0.233. The fourth-order valence-corrected chi connectivity index (χ4v) is 13.2. The molecule has 7 nitrogen and oxygen atoms in total. The van der Waals surface area contributed by atoms with Crippen LogP contribution in [-0.4, -0.2) is 51.3 Å². The third-order valence-electron chi connectivity index (χ3n) is 11.3. The van der Waals surface area contributed by atoms with Crippen LogP contribution in [-0.2, 0) is 25.2 Å². The number of hydrogen-bond acceptors (Lipinski definition) is 4. The second-order valence-electron chi connectivity index (χ2n) is 16.7. The molecule has 280 valence electrons. The predicted molar refractivity (Wildman–Crippen MR) is 213 cm³/mol. The zero-order valence-corrected chi connectivity index (χ0v) is 33.1. The summed E-state index contributed by atoms with van der Waals surface area (Å²) in [6, 6.07) is 30.1. The minimum absolute atomic E-state index is 0.0636. The van der Waals surface area contributed by atoms with Gasteiger partial charge < -0.3 is 20.4 Å². The first-order chi connectivity index (χ1) is 24.9. The van der Waals surface area contributed by atoms with E-state index in [9.17, 15) is 14.4 Å². The van der Waals surface area contributed by atoms with Crippen LogP contribution in [0.1, 0.15) is 98.0 Å². The minimum atomic E-state index is -2.94. The molecule has 4 atom stereocenters. The third kappa shape index (κ3) is 9.61. The molecule has 0 bridgehead atoms. The highest BCUT2D eigenvalue weighted by Gasteiger charge is 2.51. The lowest BCUT2D eigenvalue weighted by atomic mass is 9.75. The Morgan fingerprint density at radius 2 is 1.37 bits per heavy atom. The van der Waals surface area contributed by atoms with E-state index in [4.69, 9.17) is 4.43 Å². The van der Waals surface area contributed by atoms with Gasteiger partial charge in [0.05, 0.1) is 18.1 Å². The lowest BCUT2D eigenvalue weighted by molar-refractivity contribution is -0.133. The third-order valence-corrected chi connectivity index (χ3v) is 16.3. The first-order valence-electron chi connectivity index (χ1n) is 19.6. The van der Waals surface area contributed by atoms with Gasteiger partial charge in [-0.25, -0.2) is 0 Å². The van der Waals surface area contributed by atoms with Gasteiger partial charge in [-0.05, 0) is 65.4 Å². The second-order valence-corrected chi connectivity index (χ2v) is 21.0. The molecular weight excluding hydrogens is 663 g/mol. The molecule has 1 spiro atoms. The SMILES string of the molecule is CC(C)C[C@@H]1NC(=O)C(Cc2ccccc2)CCCCCCC2(CCNC2=O)CC(CO[Si](c2ccccc2)(c2ccccc2)C(C)(C)C)NC1=O. The Kier molecular flexibility index (Phi) is 13.5. The van der Waals surface area contributed by atoms with Crippen molar-refractivity contribution >= 4 is 36.4 Å². The van der Waals surface area contributed by atoms with Crippen LogP contribution in [0.5, 0.6) is 0 Å². The van der Waals surface area contributed by atoms with Gasteiger partial charge in [0, 0.05) is 12.5 Å². The molecule has 5 rings (SSSR count). The fraction of sp³-hybridized carbons (Fsp3) is 0.523. The predicted octanol–water partition coefficient (Wildman–Crippen LogP) is 6.69. The Hall–Kier alpha value is -3.75. The number of benzene rings is 3. The molecule has 3 aromatic rings. The maximum Gasteiger partial charge on any atom is 0.261 e. The molecule has 2 heterocycles. The summed E-state index contributed by atoms with van der Waals surface area (Å²) in [6.45, 7) is 11.8. The van der Waals surface area contributed by atoms with Gasteiger partial charge in [-0.3, -0.25) is 14.4 Å². The van der Waals surface area contributed by atoms with Gasteiger partial charge in [-0.1, -0.05) is 151 Å². The Morgan fingerprint density at radius 1 is 0.769 bits per heavy atom. The van der Waals surface area contributed by atoms with Crippen molar-refractivity contribution in [3.63, 3.8) is 0 Å². The van der Waals surface area contributed by atoms with Gasteiger partial charge in [0.1, 0.15) is 6.04 Å². The molecule has 52 heavy (non-hydrogen) atoms. The number of carbonyl (C=O) groups excluding carboxylic acids is 3. The minimum Gasteiger partial charge on any atom is -0.405 e. The van der Waals surface area contributed by atoms with Crippen molar-refractivity contribution in [2.24, 2.45) is 17.3 Å². The second kappa shape index (κ2) is 17.8. The monoisotopic (exact) mass is 723 g/mol. The highest BCUT2D eigenvalue weighted by atomic mass is 28.4. The van der Waals surface area contributed by atoms with E-state index in [1.165, 1.54) is 10.4 Å². The molecule has 2 saturated heterocycles. The molecular formula is C44H61N3O4Si. The largest absolute Gasteiger partial charge is 0.405 e. The Morgan fingerprint density at radius 3 is 1.92 bits per heavy atom. The van der Waals surface area contributed by atoms with Gasteiger partial charge >= 0.3 is 0 Å². The van der Waals surface area contributed by atoms with Crippen LogP contribution in [0.4, 0.5) is 0 Å². The summed E-state index contributed by atoms with van der Waals surface area (Å²) in [5, 5.41) is 11.8. The summed E-state index contributed by atoms with van der Waals surface area (Å²) in [6.07, 6.45) is 7.77. The van der Waals surface area contributed by atoms with E-state index in [0.717, 1.165) is 50.5 Å². The lowest BCUT2D eigenvalue weighted by Crippen LogP contribution is -2.67. The van der Waals surface area contributed by atoms with Crippen LogP contribution in [0.15, 0.2) is 91.0 Å². The van der Waals surface area contributed by atoms with Crippen LogP contribution in [0.3, 0.4) is 0 Å². The molecule has 2 aliphatic rings.